The molecule has 2 atom stereocenters. The number of amides is 2. The summed E-state index contributed by atoms with van der Waals surface area (Å²) in [7, 11) is 1.88. The van der Waals surface area contributed by atoms with Crippen LogP contribution in [0.15, 0.2) is 36.8 Å². The summed E-state index contributed by atoms with van der Waals surface area (Å²) < 4.78 is 1.87. The van der Waals surface area contributed by atoms with Crippen molar-refractivity contribution in [2.75, 3.05) is 0 Å². The molecule has 1 aromatic carbocycles. The number of carbonyl (C=O) groups is 2. The van der Waals surface area contributed by atoms with Crippen LogP contribution in [0.25, 0.3) is 0 Å². The van der Waals surface area contributed by atoms with Gasteiger partial charge in [0.15, 0.2) is 0 Å². The van der Waals surface area contributed by atoms with Crippen molar-refractivity contribution < 1.29 is 9.59 Å². The van der Waals surface area contributed by atoms with Gasteiger partial charge >= 0.3 is 0 Å². The van der Waals surface area contributed by atoms with Crippen molar-refractivity contribution in [3.63, 3.8) is 0 Å². The van der Waals surface area contributed by atoms with Gasteiger partial charge < -0.3 is 4.57 Å². The Balaban J connectivity index is 2.07. The van der Waals surface area contributed by atoms with Crippen LogP contribution in [-0.4, -0.2) is 21.4 Å². The summed E-state index contributed by atoms with van der Waals surface area (Å²) in [6.07, 6.45) is 3.73. The minimum Gasteiger partial charge on any atom is -0.337 e. The minimum atomic E-state index is -0.363. The van der Waals surface area contributed by atoms with Gasteiger partial charge in [-0.05, 0) is 12.5 Å². The van der Waals surface area contributed by atoms with E-state index in [-0.39, 0.29) is 23.7 Å². The van der Waals surface area contributed by atoms with Crippen molar-refractivity contribution in [3.8, 4) is 0 Å². The Hall–Kier alpha value is -2.43. The maximum absolute atomic E-state index is 12.4. The second kappa shape index (κ2) is 5.16. The molecule has 2 unspecified atom stereocenters. The Morgan fingerprint density at radius 1 is 1.33 bits per heavy atom. The van der Waals surface area contributed by atoms with Gasteiger partial charge in [0.1, 0.15) is 0 Å². The first kappa shape index (κ1) is 13.5. The number of nitrogens with zero attached hydrogens (tertiary/aromatic N) is 2. The van der Waals surface area contributed by atoms with Gasteiger partial charge in [0.2, 0.25) is 11.8 Å². The van der Waals surface area contributed by atoms with Crippen LogP contribution in [0.4, 0.5) is 0 Å². The zero-order valence-corrected chi connectivity index (χ0v) is 12.0. The van der Waals surface area contributed by atoms with Crippen molar-refractivity contribution in [2.45, 2.75) is 25.2 Å². The van der Waals surface area contributed by atoms with Crippen LogP contribution in [0.1, 0.15) is 35.1 Å². The lowest BCUT2D eigenvalue weighted by molar-refractivity contribution is -0.135. The Labute approximate surface area is 123 Å². The van der Waals surface area contributed by atoms with E-state index < -0.39 is 0 Å². The van der Waals surface area contributed by atoms with E-state index in [1.807, 2.05) is 42.8 Å². The van der Waals surface area contributed by atoms with Crippen molar-refractivity contribution in [1.82, 2.24) is 14.9 Å². The minimum absolute atomic E-state index is 0.180. The molecule has 2 amide bonds. The van der Waals surface area contributed by atoms with Crippen LogP contribution in [0.5, 0.6) is 0 Å². The SMILES string of the molecule is Cc1cccc(C2C(=O)NC(=O)CC2c2cncn2C)c1. The summed E-state index contributed by atoms with van der Waals surface area (Å²) in [5.74, 6) is -1.00. The molecule has 1 aliphatic rings. The monoisotopic (exact) mass is 283 g/mol. The standard InChI is InChI=1S/C16H17N3O2/c1-10-4-3-5-11(6-10)15-12(7-14(20)18-16(15)21)13-8-17-9-19(13)2/h3-6,8-9,12,15H,7H2,1-2H3,(H,18,20,21). The molecule has 5 heteroatoms. The molecule has 0 bridgehead atoms. The average Bonchev–Trinajstić information content (AvgIpc) is 2.84. The van der Waals surface area contributed by atoms with Gasteiger partial charge in [0.25, 0.3) is 0 Å². The summed E-state index contributed by atoms with van der Waals surface area (Å²) in [6.45, 7) is 1.99. The van der Waals surface area contributed by atoms with E-state index in [0.29, 0.717) is 6.42 Å². The number of hydrogen-bond acceptors (Lipinski definition) is 3. The summed E-state index contributed by atoms with van der Waals surface area (Å²) in [6, 6.07) is 7.88. The summed E-state index contributed by atoms with van der Waals surface area (Å²) >= 11 is 0. The van der Waals surface area contributed by atoms with Gasteiger partial charge in [0.05, 0.1) is 12.2 Å². The molecular weight excluding hydrogens is 266 g/mol. The van der Waals surface area contributed by atoms with Crippen molar-refractivity contribution >= 4 is 11.8 Å². The highest BCUT2D eigenvalue weighted by Gasteiger charge is 2.39. The largest absolute Gasteiger partial charge is 0.337 e. The normalized spacial score (nSPS) is 22.2. The van der Waals surface area contributed by atoms with Crippen molar-refractivity contribution in [1.29, 1.82) is 0 Å². The first-order valence-corrected chi connectivity index (χ1v) is 6.92. The highest BCUT2D eigenvalue weighted by Crippen LogP contribution is 2.38. The molecule has 1 aliphatic heterocycles. The maximum Gasteiger partial charge on any atom is 0.234 e. The molecule has 5 nitrogen and oxygen atoms in total. The van der Waals surface area contributed by atoms with E-state index in [1.165, 1.54) is 0 Å². The summed E-state index contributed by atoms with van der Waals surface area (Å²) in [5, 5.41) is 2.45. The van der Waals surface area contributed by atoms with E-state index in [4.69, 9.17) is 0 Å². The number of aromatic nitrogens is 2. The first-order valence-electron chi connectivity index (χ1n) is 6.92. The molecule has 1 aromatic heterocycles. The number of piperidine rings is 1. The molecule has 1 fully saturated rings. The summed E-state index contributed by atoms with van der Waals surface area (Å²) in [4.78, 5) is 28.3. The fraction of sp³-hybridized carbons (Fsp3) is 0.312. The number of nitrogens with one attached hydrogen (secondary N) is 1. The smallest absolute Gasteiger partial charge is 0.234 e. The number of hydrogen-bond donors (Lipinski definition) is 1. The topological polar surface area (TPSA) is 64.0 Å². The first-order chi connectivity index (χ1) is 10.1. The molecule has 3 rings (SSSR count). The van der Waals surface area contributed by atoms with E-state index in [2.05, 4.69) is 10.3 Å². The number of carbonyl (C=O) groups excluding carboxylic acids is 2. The zero-order chi connectivity index (χ0) is 15.0. The average molecular weight is 283 g/mol. The molecule has 1 saturated heterocycles. The lowest BCUT2D eigenvalue weighted by Crippen LogP contribution is -2.43. The van der Waals surface area contributed by atoms with Crippen LogP contribution < -0.4 is 5.32 Å². The molecule has 108 valence electrons. The number of imidazole rings is 1. The van der Waals surface area contributed by atoms with E-state index in [0.717, 1.165) is 16.8 Å². The Morgan fingerprint density at radius 2 is 2.14 bits per heavy atom. The maximum atomic E-state index is 12.4. The second-order valence-corrected chi connectivity index (χ2v) is 5.54. The Kier molecular flexibility index (Phi) is 3.33. The molecule has 2 aromatic rings. The Bertz CT molecular complexity index is 705. The van der Waals surface area contributed by atoms with Gasteiger partial charge in [-0.25, -0.2) is 4.98 Å². The third kappa shape index (κ3) is 2.46. The summed E-state index contributed by atoms with van der Waals surface area (Å²) in [5.41, 5.74) is 2.94. The number of rotatable bonds is 2. The highest BCUT2D eigenvalue weighted by molar-refractivity contribution is 6.02. The van der Waals surface area contributed by atoms with Gasteiger partial charge in [-0.2, -0.15) is 0 Å². The molecule has 0 saturated carbocycles. The van der Waals surface area contributed by atoms with Crippen LogP contribution in [0.3, 0.4) is 0 Å². The predicted molar refractivity (Wildman–Crippen MR) is 77.6 cm³/mol. The quantitative estimate of drug-likeness (QED) is 0.852. The van der Waals surface area contributed by atoms with Crippen LogP contribution in [0, 0.1) is 6.92 Å². The molecular formula is C16H17N3O2. The number of aryl methyl sites for hydroxylation is 2. The molecule has 0 aliphatic carbocycles. The third-order valence-electron chi connectivity index (χ3n) is 3.99. The second-order valence-electron chi connectivity index (χ2n) is 5.54. The van der Waals surface area contributed by atoms with Crippen molar-refractivity contribution in [2.24, 2.45) is 7.05 Å². The van der Waals surface area contributed by atoms with Gasteiger partial charge in [-0.1, -0.05) is 29.8 Å². The number of benzene rings is 1. The molecule has 21 heavy (non-hydrogen) atoms. The fourth-order valence-electron chi connectivity index (χ4n) is 3.01. The molecule has 0 spiro atoms. The lowest BCUT2D eigenvalue weighted by Gasteiger charge is -2.30. The van der Waals surface area contributed by atoms with Gasteiger partial charge in [-0.3, -0.25) is 14.9 Å². The predicted octanol–water partition coefficient (Wildman–Crippen LogP) is 1.64. The number of imide groups is 1. The van der Waals surface area contributed by atoms with Crippen LogP contribution >= 0.6 is 0 Å². The van der Waals surface area contributed by atoms with Crippen molar-refractivity contribution in [3.05, 3.63) is 53.6 Å². The van der Waals surface area contributed by atoms with Crippen LogP contribution in [0.2, 0.25) is 0 Å². The zero-order valence-electron chi connectivity index (χ0n) is 12.0. The van der Waals surface area contributed by atoms with Gasteiger partial charge in [-0.15, -0.1) is 0 Å². The third-order valence-corrected chi connectivity index (χ3v) is 3.99. The lowest BCUT2D eigenvalue weighted by atomic mass is 9.78. The molecule has 0 radical (unpaired) electrons. The van der Waals surface area contributed by atoms with Gasteiger partial charge in [0, 0.05) is 31.3 Å². The molecule has 1 N–H and O–H groups in total. The Morgan fingerprint density at radius 3 is 2.81 bits per heavy atom. The molecule has 2 heterocycles. The van der Waals surface area contributed by atoms with Crippen LogP contribution in [-0.2, 0) is 16.6 Å². The van der Waals surface area contributed by atoms with E-state index >= 15 is 0 Å². The highest BCUT2D eigenvalue weighted by atomic mass is 16.2. The fourth-order valence-corrected chi connectivity index (χ4v) is 3.01. The van der Waals surface area contributed by atoms with E-state index in [9.17, 15) is 9.59 Å². The van der Waals surface area contributed by atoms with E-state index in [1.54, 1.807) is 12.5 Å².